The van der Waals surface area contributed by atoms with E-state index >= 15 is 0 Å². The summed E-state index contributed by atoms with van der Waals surface area (Å²) in [4.78, 5) is 11.8. The zero-order chi connectivity index (χ0) is 15.3. The fraction of sp³-hybridized carbons (Fsp3) is 0.462. The van der Waals surface area contributed by atoms with Crippen LogP contribution in [0.2, 0.25) is 5.02 Å². The highest BCUT2D eigenvalue weighted by molar-refractivity contribution is 8.13. The van der Waals surface area contributed by atoms with E-state index in [9.17, 15) is 13.2 Å². The third-order valence-electron chi connectivity index (χ3n) is 3.12. The topological polar surface area (TPSA) is 63.2 Å². The second-order valence-corrected chi connectivity index (χ2v) is 7.51. The van der Waals surface area contributed by atoms with E-state index < -0.39 is 9.05 Å². The van der Waals surface area contributed by atoms with Crippen LogP contribution >= 0.6 is 22.3 Å². The van der Waals surface area contributed by atoms with E-state index in [-0.39, 0.29) is 21.4 Å². The van der Waals surface area contributed by atoms with Crippen LogP contribution in [0.1, 0.15) is 37.0 Å². The second kappa shape index (κ2) is 7.29. The summed E-state index contributed by atoms with van der Waals surface area (Å²) in [6.07, 6.45) is 1.93. The Morgan fingerprint density at radius 2 is 1.85 bits per heavy atom. The maximum Gasteiger partial charge on any atom is 0.261 e. The molecule has 20 heavy (non-hydrogen) atoms. The van der Waals surface area contributed by atoms with Crippen molar-refractivity contribution in [2.24, 2.45) is 5.92 Å². The Morgan fingerprint density at radius 1 is 1.25 bits per heavy atom. The van der Waals surface area contributed by atoms with Gasteiger partial charge in [0, 0.05) is 27.8 Å². The highest BCUT2D eigenvalue weighted by atomic mass is 35.7. The summed E-state index contributed by atoms with van der Waals surface area (Å²) in [5.41, 5.74) is 0.183. The number of nitrogens with one attached hydrogen (secondary N) is 1. The summed E-state index contributed by atoms with van der Waals surface area (Å²) >= 11 is 5.81. The number of amides is 1. The third-order valence-corrected chi connectivity index (χ3v) is 4.67. The van der Waals surface area contributed by atoms with Crippen molar-refractivity contribution in [2.75, 3.05) is 6.54 Å². The van der Waals surface area contributed by atoms with Gasteiger partial charge in [0.05, 0.1) is 4.90 Å². The Balaban J connectivity index is 2.91. The van der Waals surface area contributed by atoms with Crippen LogP contribution in [-0.4, -0.2) is 20.9 Å². The first-order chi connectivity index (χ1) is 9.27. The molecule has 7 heteroatoms. The number of hydrogen-bond acceptors (Lipinski definition) is 3. The number of carbonyl (C=O) groups is 1. The summed E-state index contributed by atoms with van der Waals surface area (Å²) in [6.45, 7) is 4.65. The molecule has 0 aliphatic heterocycles. The van der Waals surface area contributed by atoms with Crippen molar-refractivity contribution >= 4 is 37.2 Å². The molecule has 1 rings (SSSR count). The van der Waals surface area contributed by atoms with Gasteiger partial charge in [-0.2, -0.15) is 0 Å². The molecule has 0 spiro atoms. The quantitative estimate of drug-likeness (QED) is 0.808. The van der Waals surface area contributed by atoms with Crippen molar-refractivity contribution < 1.29 is 13.2 Å². The van der Waals surface area contributed by atoms with Crippen LogP contribution in [0, 0.1) is 5.92 Å². The van der Waals surface area contributed by atoms with Gasteiger partial charge in [-0.05, 0) is 24.1 Å². The molecule has 1 aromatic carbocycles. The molecule has 112 valence electrons. The fourth-order valence-electron chi connectivity index (χ4n) is 1.75. The lowest BCUT2D eigenvalue weighted by atomic mass is 10.0. The third kappa shape index (κ3) is 4.96. The standard InChI is InChI=1S/C13H17Cl2NO3S/c1-3-9(4-2)8-16-13(17)10-5-11(14)7-12(6-10)20(15,18)19/h5-7,9H,3-4,8H2,1-2H3,(H,16,17). The van der Waals surface area contributed by atoms with E-state index in [4.69, 9.17) is 22.3 Å². The molecule has 0 unspecified atom stereocenters. The minimum atomic E-state index is -3.91. The average Bonchev–Trinajstić information content (AvgIpc) is 2.38. The SMILES string of the molecule is CCC(CC)CNC(=O)c1cc(Cl)cc(S(=O)(=O)Cl)c1. The van der Waals surface area contributed by atoms with Crippen molar-refractivity contribution in [2.45, 2.75) is 31.6 Å². The molecule has 0 aromatic heterocycles. The average molecular weight is 338 g/mol. The maximum absolute atomic E-state index is 12.0. The lowest BCUT2D eigenvalue weighted by molar-refractivity contribution is 0.0946. The summed E-state index contributed by atoms with van der Waals surface area (Å²) in [5.74, 6) is 0.0373. The molecular weight excluding hydrogens is 321 g/mol. The van der Waals surface area contributed by atoms with E-state index in [1.54, 1.807) is 0 Å². The lowest BCUT2D eigenvalue weighted by Gasteiger charge is -2.13. The first kappa shape index (κ1) is 17.3. The van der Waals surface area contributed by atoms with Gasteiger partial charge in [0.15, 0.2) is 0 Å². The van der Waals surface area contributed by atoms with Gasteiger partial charge in [-0.25, -0.2) is 8.42 Å². The summed E-state index contributed by atoms with van der Waals surface area (Å²) in [7, 11) is 1.35. The van der Waals surface area contributed by atoms with Crippen molar-refractivity contribution in [1.29, 1.82) is 0 Å². The second-order valence-electron chi connectivity index (χ2n) is 4.51. The van der Waals surface area contributed by atoms with Gasteiger partial charge in [-0.1, -0.05) is 38.3 Å². The van der Waals surface area contributed by atoms with E-state index in [0.717, 1.165) is 12.8 Å². The fourth-order valence-corrected chi connectivity index (χ4v) is 2.85. The monoisotopic (exact) mass is 337 g/mol. The first-order valence-corrected chi connectivity index (χ1v) is 9.00. The van der Waals surface area contributed by atoms with Crippen molar-refractivity contribution in [3.8, 4) is 0 Å². The minimum Gasteiger partial charge on any atom is -0.352 e. The number of halogens is 2. The molecule has 0 saturated heterocycles. The minimum absolute atomic E-state index is 0.152. The molecule has 0 atom stereocenters. The number of hydrogen-bond donors (Lipinski definition) is 1. The van der Waals surface area contributed by atoms with Crippen LogP contribution in [0.15, 0.2) is 23.1 Å². The molecule has 0 heterocycles. The van der Waals surface area contributed by atoms with Crippen molar-refractivity contribution in [3.05, 3.63) is 28.8 Å². The Morgan fingerprint density at radius 3 is 2.35 bits per heavy atom. The molecule has 1 aromatic rings. The van der Waals surface area contributed by atoms with Gasteiger partial charge >= 0.3 is 0 Å². The van der Waals surface area contributed by atoms with Crippen LogP contribution in [0.5, 0.6) is 0 Å². The van der Waals surface area contributed by atoms with Gasteiger partial charge in [0.25, 0.3) is 15.0 Å². The molecule has 4 nitrogen and oxygen atoms in total. The zero-order valence-electron chi connectivity index (χ0n) is 11.3. The number of rotatable bonds is 6. The van der Waals surface area contributed by atoms with Crippen molar-refractivity contribution in [1.82, 2.24) is 5.32 Å². The van der Waals surface area contributed by atoms with Gasteiger partial charge in [-0.15, -0.1) is 0 Å². The van der Waals surface area contributed by atoms with E-state index in [1.165, 1.54) is 18.2 Å². The lowest BCUT2D eigenvalue weighted by Crippen LogP contribution is -2.29. The van der Waals surface area contributed by atoms with Gasteiger partial charge in [0.2, 0.25) is 0 Å². The summed E-state index contributed by atoms with van der Waals surface area (Å²) < 4.78 is 22.6. The first-order valence-electron chi connectivity index (χ1n) is 6.31. The largest absolute Gasteiger partial charge is 0.352 e. The van der Waals surface area contributed by atoms with Gasteiger partial charge < -0.3 is 5.32 Å². The normalized spacial score (nSPS) is 11.7. The van der Waals surface area contributed by atoms with E-state index in [0.29, 0.717) is 12.5 Å². The van der Waals surface area contributed by atoms with Crippen LogP contribution in [0.3, 0.4) is 0 Å². The summed E-state index contributed by atoms with van der Waals surface area (Å²) in [6, 6.07) is 3.84. The summed E-state index contributed by atoms with van der Waals surface area (Å²) in [5, 5.41) is 2.92. The molecular formula is C13H17Cl2NO3S. The Labute approximate surface area is 128 Å². The predicted molar refractivity (Wildman–Crippen MR) is 80.9 cm³/mol. The molecule has 0 saturated carbocycles. The molecule has 0 radical (unpaired) electrons. The maximum atomic E-state index is 12.0. The molecule has 0 aliphatic carbocycles. The van der Waals surface area contributed by atoms with Gasteiger partial charge in [-0.3, -0.25) is 4.79 Å². The highest BCUT2D eigenvalue weighted by Crippen LogP contribution is 2.22. The van der Waals surface area contributed by atoms with Gasteiger partial charge in [0.1, 0.15) is 0 Å². The van der Waals surface area contributed by atoms with Crippen LogP contribution < -0.4 is 5.32 Å². The van der Waals surface area contributed by atoms with E-state index in [1.807, 2.05) is 0 Å². The Kier molecular flexibility index (Phi) is 6.30. The van der Waals surface area contributed by atoms with E-state index in [2.05, 4.69) is 19.2 Å². The molecule has 1 N–H and O–H groups in total. The molecule has 0 bridgehead atoms. The zero-order valence-corrected chi connectivity index (χ0v) is 13.6. The highest BCUT2D eigenvalue weighted by Gasteiger charge is 2.16. The predicted octanol–water partition coefficient (Wildman–Crippen LogP) is 3.43. The van der Waals surface area contributed by atoms with Crippen LogP contribution in [0.4, 0.5) is 0 Å². The molecule has 0 fully saturated rings. The Hall–Kier alpha value is -0.780. The van der Waals surface area contributed by atoms with Crippen molar-refractivity contribution in [3.63, 3.8) is 0 Å². The smallest absolute Gasteiger partial charge is 0.261 e. The van der Waals surface area contributed by atoms with Crippen LogP contribution in [-0.2, 0) is 9.05 Å². The van der Waals surface area contributed by atoms with Crippen LogP contribution in [0.25, 0.3) is 0 Å². The number of benzene rings is 1. The molecule has 0 aliphatic rings. The number of carbonyl (C=O) groups excluding carboxylic acids is 1. The molecule has 1 amide bonds. The Bertz CT molecular complexity index is 583.